The van der Waals surface area contributed by atoms with Crippen LogP contribution in [-0.4, -0.2) is 28.5 Å². The molecule has 1 heterocycles. The molecule has 19 heavy (non-hydrogen) atoms. The SMILES string of the molecule is CC(C)(C)SCC(=O)C1CCOC2(CCCCC2)C1. The Labute approximate surface area is 122 Å². The third-order valence-corrected chi connectivity index (χ3v) is 5.66. The molecule has 0 aromatic rings. The summed E-state index contributed by atoms with van der Waals surface area (Å²) in [5.41, 5.74) is 0.0588. The Morgan fingerprint density at radius 3 is 2.58 bits per heavy atom. The molecule has 1 aliphatic heterocycles. The number of Topliss-reactive ketones (excluding diaryl/α,β-unsaturated/α-hetero) is 1. The van der Waals surface area contributed by atoms with E-state index in [0.29, 0.717) is 11.5 Å². The number of thioether (sulfide) groups is 1. The van der Waals surface area contributed by atoms with Crippen LogP contribution in [0.2, 0.25) is 0 Å². The molecule has 1 aliphatic carbocycles. The zero-order chi connectivity index (χ0) is 13.9. The highest BCUT2D eigenvalue weighted by Crippen LogP contribution is 2.41. The molecule has 2 fully saturated rings. The number of hydrogen-bond donors (Lipinski definition) is 0. The second kappa shape index (κ2) is 6.17. The quantitative estimate of drug-likeness (QED) is 0.776. The van der Waals surface area contributed by atoms with Gasteiger partial charge in [-0.2, -0.15) is 0 Å². The molecular weight excluding hydrogens is 256 g/mol. The largest absolute Gasteiger partial charge is 0.375 e. The van der Waals surface area contributed by atoms with Crippen LogP contribution < -0.4 is 0 Å². The number of rotatable bonds is 3. The van der Waals surface area contributed by atoms with Crippen molar-refractivity contribution in [1.82, 2.24) is 0 Å². The van der Waals surface area contributed by atoms with E-state index in [4.69, 9.17) is 4.74 Å². The van der Waals surface area contributed by atoms with E-state index in [2.05, 4.69) is 20.8 Å². The zero-order valence-electron chi connectivity index (χ0n) is 12.7. The smallest absolute Gasteiger partial charge is 0.146 e. The minimum absolute atomic E-state index is 0.0588. The Morgan fingerprint density at radius 2 is 1.95 bits per heavy atom. The first kappa shape index (κ1) is 15.4. The minimum atomic E-state index is 0.0588. The van der Waals surface area contributed by atoms with Crippen LogP contribution in [-0.2, 0) is 9.53 Å². The van der Waals surface area contributed by atoms with Gasteiger partial charge in [-0.3, -0.25) is 4.79 Å². The van der Waals surface area contributed by atoms with Gasteiger partial charge in [0.1, 0.15) is 5.78 Å². The molecule has 0 amide bonds. The first-order valence-electron chi connectivity index (χ1n) is 7.71. The zero-order valence-corrected chi connectivity index (χ0v) is 13.5. The Bertz CT molecular complexity index is 308. The molecule has 1 spiro atoms. The molecule has 1 saturated carbocycles. The fourth-order valence-electron chi connectivity index (χ4n) is 3.25. The van der Waals surface area contributed by atoms with Crippen molar-refractivity contribution in [2.75, 3.05) is 12.4 Å². The van der Waals surface area contributed by atoms with Crippen molar-refractivity contribution in [2.45, 2.75) is 76.1 Å². The average Bonchev–Trinajstić information content (AvgIpc) is 2.36. The van der Waals surface area contributed by atoms with Gasteiger partial charge in [-0.25, -0.2) is 0 Å². The lowest BCUT2D eigenvalue weighted by atomic mass is 9.75. The van der Waals surface area contributed by atoms with Crippen molar-refractivity contribution in [3.05, 3.63) is 0 Å². The Hall–Kier alpha value is -0.0200. The predicted octanol–water partition coefficient (Wildman–Crippen LogP) is 4.22. The molecule has 1 atom stereocenters. The van der Waals surface area contributed by atoms with Crippen molar-refractivity contribution in [1.29, 1.82) is 0 Å². The van der Waals surface area contributed by atoms with E-state index in [1.165, 1.54) is 32.1 Å². The lowest BCUT2D eigenvalue weighted by Crippen LogP contribution is -2.43. The molecule has 110 valence electrons. The topological polar surface area (TPSA) is 26.3 Å². The third kappa shape index (κ3) is 4.49. The Balaban J connectivity index is 1.88. The molecule has 0 radical (unpaired) electrons. The second-order valence-corrected chi connectivity index (χ2v) is 8.95. The molecule has 0 aromatic carbocycles. The van der Waals surface area contributed by atoms with Gasteiger partial charge < -0.3 is 4.74 Å². The van der Waals surface area contributed by atoms with Gasteiger partial charge in [0.2, 0.25) is 0 Å². The van der Waals surface area contributed by atoms with Gasteiger partial charge in [-0.1, -0.05) is 40.0 Å². The molecule has 2 aliphatic rings. The maximum Gasteiger partial charge on any atom is 0.146 e. The van der Waals surface area contributed by atoms with E-state index in [0.717, 1.165) is 19.4 Å². The average molecular weight is 284 g/mol. The van der Waals surface area contributed by atoms with Crippen LogP contribution in [0.1, 0.15) is 65.7 Å². The number of hydrogen-bond acceptors (Lipinski definition) is 3. The molecule has 2 rings (SSSR count). The summed E-state index contributed by atoms with van der Waals surface area (Å²) in [6.45, 7) is 7.32. The highest BCUT2D eigenvalue weighted by Gasteiger charge is 2.40. The highest BCUT2D eigenvalue weighted by molar-refractivity contribution is 8.01. The number of carbonyl (C=O) groups excluding carboxylic acids is 1. The molecule has 0 N–H and O–H groups in total. The lowest BCUT2D eigenvalue weighted by Gasteiger charge is -2.43. The van der Waals surface area contributed by atoms with Gasteiger partial charge >= 0.3 is 0 Å². The van der Waals surface area contributed by atoms with Gasteiger partial charge in [0, 0.05) is 17.3 Å². The first-order chi connectivity index (χ1) is 8.90. The summed E-state index contributed by atoms with van der Waals surface area (Å²) < 4.78 is 6.26. The minimum Gasteiger partial charge on any atom is -0.375 e. The monoisotopic (exact) mass is 284 g/mol. The summed E-state index contributed by atoms with van der Waals surface area (Å²) >= 11 is 1.78. The van der Waals surface area contributed by atoms with Gasteiger partial charge in [0.25, 0.3) is 0 Å². The number of carbonyl (C=O) groups is 1. The van der Waals surface area contributed by atoms with E-state index in [9.17, 15) is 4.79 Å². The molecule has 1 saturated heterocycles. The van der Waals surface area contributed by atoms with Crippen molar-refractivity contribution in [3.8, 4) is 0 Å². The van der Waals surface area contributed by atoms with E-state index in [1.54, 1.807) is 11.8 Å². The van der Waals surface area contributed by atoms with Crippen LogP contribution in [0, 0.1) is 5.92 Å². The lowest BCUT2D eigenvalue weighted by molar-refractivity contribution is -0.140. The molecule has 2 nitrogen and oxygen atoms in total. The Kier molecular flexibility index (Phi) is 4.99. The van der Waals surface area contributed by atoms with E-state index < -0.39 is 0 Å². The van der Waals surface area contributed by atoms with Crippen molar-refractivity contribution in [2.24, 2.45) is 5.92 Å². The van der Waals surface area contributed by atoms with Crippen LogP contribution in [0.4, 0.5) is 0 Å². The van der Waals surface area contributed by atoms with Crippen LogP contribution in [0.15, 0.2) is 0 Å². The summed E-state index contributed by atoms with van der Waals surface area (Å²) in [5, 5.41) is 0. The Morgan fingerprint density at radius 1 is 1.26 bits per heavy atom. The summed E-state index contributed by atoms with van der Waals surface area (Å²) in [6, 6.07) is 0. The summed E-state index contributed by atoms with van der Waals surface area (Å²) in [6.07, 6.45) is 8.15. The molecule has 0 aromatic heterocycles. The normalized spacial score (nSPS) is 27.4. The van der Waals surface area contributed by atoms with Gasteiger partial charge in [0.15, 0.2) is 0 Å². The molecule has 3 heteroatoms. The van der Waals surface area contributed by atoms with Crippen molar-refractivity contribution < 1.29 is 9.53 Å². The van der Waals surface area contributed by atoms with Gasteiger partial charge in [0.05, 0.1) is 11.4 Å². The van der Waals surface area contributed by atoms with E-state index in [1.807, 2.05) is 0 Å². The van der Waals surface area contributed by atoms with E-state index in [-0.39, 0.29) is 16.3 Å². The van der Waals surface area contributed by atoms with Crippen molar-refractivity contribution in [3.63, 3.8) is 0 Å². The standard InChI is InChI=1S/C16H28O2S/c1-15(2,3)19-12-14(17)13-7-10-18-16(11-13)8-5-4-6-9-16/h13H,4-12H2,1-3H3. The number of ketones is 1. The van der Waals surface area contributed by atoms with Crippen LogP contribution in [0.25, 0.3) is 0 Å². The van der Waals surface area contributed by atoms with Crippen molar-refractivity contribution >= 4 is 17.5 Å². The molecular formula is C16H28O2S. The van der Waals surface area contributed by atoms with Crippen LogP contribution in [0.3, 0.4) is 0 Å². The van der Waals surface area contributed by atoms with E-state index >= 15 is 0 Å². The van der Waals surface area contributed by atoms with Crippen LogP contribution in [0.5, 0.6) is 0 Å². The third-order valence-electron chi connectivity index (χ3n) is 4.36. The summed E-state index contributed by atoms with van der Waals surface area (Å²) in [5.74, 6) is 1.37. The second-order valence-electron chi connectivity index (χ2n) is 7.15. The summed E-state index contributed by atoms with van der Waals surface area (Å²) in [4.78, 5) is 12.4. The fraction of sp³-hybridized carbons (Fsp3) is 0.938. The fourth-order valence-corrected chi connectivity index (χ4v) is 4.06. The molecule has 0 bridgehead atoms. The maximum absolute atomic E-state index is 12.4. The predicted molar refractivity (Wildman–Crippen MR) is 81.7 cm³/mol. The first-order valence-corrected chi connectivity index (χ1v) is 8.69. The van der Waals surface area contributed by atoms with Gasteiger partial charge in [-0.05, 0) is 25.7 Å². The highest BCUT2D eigenvalue weighted by atomic mass is 32.2. The van der Waals surface area contributed by atoms with Crippen LogP contribution >= 0.6 is 11.8 Å². The number of ether oxygens (including phenoxy) is 1. The van der Waals surface area contributed by atoms with Gasteiger partial charge in [-0.15, -0.1) is 11.8 Å². The maximum atomic E-state index is 12.4. The summed E-state index contributed by atoms with van der Waals surface area (Å²) in [7, 11) is 0. The molecule has 1 unspecified atom stereocenters.